The Morgan fingerprint density at radius 2 is 1.32 bits per heavy atom. The van der Waals surface area contributed by atoms with Gasteiger partial charge in [-0.3, -0.25) is 0 Å². The van der Waals surface area contributed by atoms with Crippen LogP contribution in [0.25, 0.3) is 0 Å². The smallest absolute Gasteiger partial charge is 0.340 e. The number of ether oxygens (including phenoxy) is 4. The van der Waals surface area contributed by atoms with Crippen LogP contribution in [0.15, 0.2) is 45.8 Å². The van der Waals surface area contributed by atoms with Crippen molar-refractivity contribution in [1.82, 2.24) is 4.90 Å². The molecule has 2 rings (SSSR count). The first-order valence-electron chi connectivity index (χ1n) is 8.21. The van der Waals surface area contributed by atoms with E-state index in [9.17, 15) is 19.2 Å². The molecule has 2 heterocycles. The minimum absolute atomic E-state index is 0.207. The monoisotopic (exact) mass is 391 g/mol. The van der Waals surface area contributed by atoms with Crippen molar-refractivity contribution in [2.24, 2.45) is 0 Å². The van der Waals surface area contributed by atoms with Gasteiger partial charge in [0.1, 0.15) is 0 Å². The molecule has 1 atom stereocenters. The summed E-state index contributed by atoms with van der Waals surface area (Å²) in [6.07, 6.45) is 3.28. The molecule has 0 saturated carbocycles. The Morgan fingerprint density at radius 3 is 1.82 bits per heavy atom. The molecule has 9 nitrogen and oxygen atoms in total. The van der Waals surface area contributed by atoms with Crippen LogP contribution in [-0.4, -0.2) is 63.3 Å². The number of hydrogen-bond donors (Lipinski definition) is 0. The van der Waals surface area contributed by atoms with E-state index >= 15 is 0 Å². The minimum atomic E-state index is -1.35. The zero-order chi connectivity index (χ0) is 21.2. The molecule has 0 fully saturated rings. The Balaban J connectivity index is 3.01. The maximum Gasteiger partial charge on any atom is 0.340 e. The molecule has 0 aromatic carbocycles. The van der Waals surface area contributed by atoms with Crippen molar-refractivity contribution in [2.75, 3.05) is 28.4 Å². The molecular weight excluding hydrogens is 370 g/mol. The summed E-state index contributed by atoms with van der Waals surface area (Å²) in [6, 6.07) is -1.35. The van der Waals surface area contributed by atoms with Gasteiger partial charge in [-0.15, -0.1) is 0 Å². The quantitative estimate of drug-likeness (QED) is 0.507. The van der Waals surface area contributed by atoms with Crippen LogP contribution in [0.1, 0.15) is 13.8 Å². The predicted octanol–water partition coefficient (Wildman–Crippen LogP) is 0.777. The van der Waals surface area contributed by atoms with Gasteiger partial charge in [-0.1, -0.05) is 6.08 Å². The molecule has 0 saturated heterocycles. The number of carbonyl (C=O) groups is 4. The molecule has 0 aliphatic carbocycles. The van der Waals surface area contributed by atoms with Crippen molar-refractivity contribution >= 4 is 23.9 Å². The van der Waals surface area contributed by atoms with Crippen molar-refractivity contribution in [1.29, 1.82) is 0 Å². The highest BCUT2D eigenvalue weighted by Crippen LogP contribution is 2.40. The molecule has 150 valence electrons. The number of carbonyl (C=O) groups excluding carboxylic acids is 4. The van der Waals surface area contributed by atoms with Crippen LogP contribution >= 0.6 is 0 Å². The van der Waals surface area contributed by atoms with Gasteiger partial charge in [0, 0.05) is 5.70 Å². The van der Waals surface area contributed by atoms with Gasteiger partial charge in [-0.05, 0) is 25.5 Å². The third-order valence-electron chi connectivity index (χ3n) is 4.60. The Labute approximate surface area is 161 Å². The molecule has 0 spiro atoms. The maximum absolute atomic E-state index is 12.7. The normalized spacial score (nSPS) is 18.6. The van der Waals surface area contributed by atoms with E-state index in [-0.39, 0.29) is 16.8 Å². The number of methoxy groups -OCH3 is 4. The standard InChI is InChI=1S/C19H21NO8/c1-9-7-8-11-12(16(21)25-3)13(17(22)26-4)14(18(23)27-5)15(19(24)28-6)20(11)10(9)2/h7-8,15H,1-6H3. The van der Waals surface area contributed by atoms with E-state index in [4.69, 9.17) is 18.9 Å². The fraction of sp³-hybridized carbons (Fsp3) is 0.368. The second-order valence-electron chi connectivity index (χ2n) is 5.92. The molecule has 0 N–H and O–H groups in total. The second-order valence-corrected chi connectivity index (χ2v) is 5.92. The van der Waals surface area contributed by atoms with E-state index in [2.05, 4.69) is 0 Å². The zero-order valence-corrected chi connectivity index (χ0v) is 16.4. The lowest BCUT2D eigenvalue weighted by Gasteiger charge is -2.40. The minimum Gasteiger partial charge on any atom is -0.467 e. The largest absolute Gasteiger partial charge is 0.467 e. The lowest BCUT2D eigenvalue weighted by atomic mass is 9.85. The number of rotatable bonds is 4. The fourth-order valence-corrected chi connectivity index (χ4v) is 3.12. The Morgan fingerprint density at radius 1 is 0.786 bits per heavy atom. The van der Waals surface area contributed by atoms with E-state index in [0.717, 1.165) is 34.0 Å². The summed E-state index contributed by atoms with van der Waals surface area (Å²) in [6.45, 7) is 3.51. The Bertz CT molecular complexity index is 874. The van der Waals surface area contributed by atoms with Crippen molar-refractivity contribution < 1.29 is 38.1 Å². The van der Waals surface area contributed by atoms with Crippen LogP contribution in [0.5, 0.6) is 0 Å². The van der Waals surface area contributed by atoms with Crippen LogP contribution in [-0.2, 0) is 38.1 Å². The van der Waals surface area contributed by atoms with Gasteiger partial charge in [0.25, 0.3) is 0 Å². The van der Waals surface area contributed by atoms with Crippen LogP contribution < -0.4 is 0 Å². The highest BCUT2D eigenvalue weighted by molar-refractivity contribution is 6.15. The molecule has 2 aliphatic heterocycles. The van der Waals surface area contributed by atoms with Crippen LogP contribution in [0.3, 0.4) is 0 Å². The topological polar surface area (TPSA) is 108 Å². The third-order valence-corrected chi connectivity index (χ3v) is 4.60. The summed E-state index contributed by atoms with van der Waals surface area (Å²) in [4.78, 5) is 51.9. The van der Waals surface area contributed by atoms with Crippen molar-refractivity contribution in [3.63, 3.8) is 0 Å². The van der Waals surface area contributed by atoms with E-state index < -0.39 is 35.5 Å². The Hall–Kier alpha value is -3.36. The molecule has 0 radical (unpaired) electrons. The third kappa shape index (κ3) is 3.19. The Kier molecular flexibility index (Phi) is 6.07. The summed E-state index contributed by atoms with van der Waals surface area (Å²) in [5.41, 5.74) is 0.594. The first-order chi connectivity index (χ1) is 13.2. The summed E-state index contributed by atoms with van der Waals surface area (Å²) in [5, 5.41) is 0. The van der Waals surface area contributed by atoms with E-state index in [1.807, 2.05) is 0 Å². The number of allylic oxidation sites excluding steroid dienone is 4. The molecule has 0 amide bonds. The molecule has 0 bridgehead atoms. The maximum atomic E-state index is 12.7. The van der Waals surface area contributed by atoms with Crippen LogP contribution in [0.4, 0.5) is 0 Å². The van der Waals surface area contributed by atoms with Gasteiger partial charge in [0.2, 0.25) is 0 Å². The highest BCUT2D eigenvalue weighted by Gasteiger charge is 2.48. The molecule has 28 heavy (non-hydrogen) atoms. The summed E-state index contributed by atoms with van der Waals surface area (Å²) in [7, 11) is 4.48. The van der Waals surface area contributed by atoms with Gasteiger partial charge in [-0.25, -0.2) is 19.2 Å². The average molecular weight is 391 g/mol. The van der Waals surface area contributed by atoms with Gasteiger partial charge in [0.05, 0.1) is 50.9 Å². The van der Waals surface area contributed by atoms with Crippen molar-refractivity contribution in [3.05, 3.63) is 45.8 Å². The molecular formula is C19H21NO8. The van der Waals surface area contributed by atoms with Crippen molar-refractivity contribution in [3.8, 4) is 0 Å². The van der Waals surface area contributed by atoms with Gasteiger partial charge >= 0.3 is 23.9 Å². The van der Waals surface area contributed by atoms with E-state index in [1.165, 1.54) is 4.90 Å². The molecule has 9 heteroatoms. The average Bonchev–Trinajstić information content (AvgIpc) is 2.72. The molecule has 2 aliphatic rings. The second kappa shape index (κ2) is 8.12. The predicted molar refractivity (Wildman–Crippen MR) is 95.3 cm³/mol. The fourth-order valence-electron chi connectivity index (χ4n) is 3.12. The summed E-state index contributed by atoms with van der Waals surface area (Å²) < 4.78 is 19.3. The lowest BCUT2D eigenvalue weighted by Crippen LogP contribution is -2.49. The van der Waals surface area contributed by atoms with Gasteiger partial charge in [0.15, 0.2) is 6.04 Å². The number of nitrogens with zero attached hydrogens (tertiary/aromatic N) is 1. The van der Waals surface area contributed by atoms with E-state index in [0.29, 0.717) is 5.70 Å². The molecule has 0 aromatic rings. The lowest BCUT2D eigenvalue weighted by molar-refractivity contribution is -0.148. The number of fused-ring (bicyclic) bond motifs is 1. The van der Waals surface area contributed by atoms with Gasteiger partial charge in [-0.2, -0.15) is 0 Å². The SMILES string of the molecule is COC(=O)C1=C(C(=O)OC)C(C(=O)OC)N2C(C)=C(C)C=CC2=C1C(=O)OC. The van der Waals surface area contributed by atoms with Crippen LogP contribution in [0.2, 0.25) is 0 Å². The van der Waals surface area contributed by atoms with Crippen LogP contribution in [0, 0.1) is 0 Å². The molecule has 0 aromatic heterocycles. The summed E-state index contributed by atoms with van der Waals surface area (Å²) >= 11 is 0. The first kappa shape index (κ1) is 20.9. The first-order valence-corrected chi connectivity index (χ1v) is 8.21. The number of hydrogen-bond acceptors (Lipinski definition) is 9. The summed E-state index contributed by atoms with van der Waals surface area (Å²) in [5.74, 6) is -3.65. The van der Waals surface area contributed by atoms with Gasteiger partial charge < -0.3 is 23.8 Å². The number of esters is 4. The molecule has 1 unspecified atom stereocenters. The van der Waals surface area contributed by atoms with E-state index in [1.54, 1.807) is 26.0 Å². The highest BCUT2D eigenvalue weighted by atomic mass is 16.5. The zero-order valence-electron chi connectivity index (χ0n) is 16.4. The van der Waals surface area contributed by atoms with Crippen molar-refractivity contribution in [2.45, 2.75) is 19.9 Å².